The predicted molar refractivity (Wildman–Crippen MR) is 58.9 cm³/mol. The van der Waals surface area contributed by atoms with E-state index in [1.807, 2.05) is 20.8 Å². The molecule has 0 saturated carbocycles. The molecule has 1 atom stereocenters. The van der Waals surface area contributed by atoms with Crippen molar-refractivity contribution in [2.45, 2.75) is 36.8 Å². The molecule has 0 amide bonds. The number of phenols is 1. The maximum Gasteiger partial charge on any atom is 0.153 e. The summed E-state index contributed by atoms with van der Waals surface area (Å²) in [5.41, 5.74) is 0. The van der Waals surface area contributed by atoms with E-state index in [4.69, 9.17) is 5.11 Å². The van der Waals surface area contributed by atoms with E-state index in [0.717, 1.165) is 11.3 Å². The SMILES string of the molecule is CCC(C)(C)[S+]([O-])c1ccc(O)cc1. The smallest absolute Gasteiger partial charge is 0.153 e. The molecule has 0 saturated heterocycles. The first kappa shape index (κ1) is 11.4. The van der Waals surface area contributed by atoms with E-state index in [0.29, 0.717) is 0 Å². The zero-order chi connectivity index (χ0) is 10.8. The van der Waals surface area contributed by atoms with Gasteiger partial charge in [0.15, 0.2) is 4.90 Å². The highest BCUT2D eigenvalue weighted by Crippen LogP contribution is 2.28. The van der Waals surface area contributed by atoms with Crippen LogP contribution >= 0.6 is 0 Å². The maximum atomic E-state index is 12.0. The van der Waals surface area contributed by atoms with E-state index in [9.17, 15) is 4.55 Å². The monoisotopic (exact) mass is 212 g/mol. The maximum absolute atomic E-state index is 12.0. The Kier molecular flexibility index (Phi) is 3.45. The van der Waals surface area contributed by atoms with Crippen LogP contribution in [0.1, 0.15) is 27.2 Å². The van der Waals surface area contributed by atoms with Gasteiger partial charge in [0, 0.05) is 0 Å². The molecule has 3 heteroatoms. The van der Waals surface area contributed by atoms with Crippen LogP contribution in [0.4, 0.5) is 0 Å². The second kappa shape index (κ2) is 4.24. The van der Waals surface area contributed by atoms with Crippen molar-refractivity contribution in [1.29, 1.82) is 0 Å². The summed E-state index contributed by atoms with van der Waals surface area (Å²) in [7, 11) is 0. The molecular weight excluding hydrogens is 196 g/mol. The molecule has 0 aromatic heterocycles. The molecule has 0 spiro atoms. The van der Waals surface area contributed by atoms with Gasteiger partial charge in [-0.1, -0.05) is 6.92 Å². The average Bonchev–Trinajstić information content (AvgIpc) is 2.18. The molecule has 0 radical (unpaired) electrons. The van der Waals surface area contributed by atoms with Crippen molar-refractivity contribution in [3.05, 3.63) is 24.3 Å². The van der Waals surface area contributed by atoms with Crippen LogP contribution in [0.5, 0.6) is 5.75 Å². The Hall–Kier alpha value is -0.670. The largest absolute Gasteiger partial charge is 0.611 e. The fraction of sp³-hybridized carbons (Fsp3) is 0.455. The van der Waals surface area contributed by atoms with Crippen molar-refractivity contribution in [3.63, 3.8) is 0 Å². The van der Waals surface area contributed by atoms with Gasteiger partial charge in [0.2, 0.25) is 0 Å². The normalized spacial score (nSPS) is 14.0. The van der Waals surface area contributed by atoms with Gasteiger partial charge in [-0.05, 0) is 55.7 Å². The van der Waals surface area contributed by atoms with Crippen molar-refractivity contribution >= 4 is 11.2 Å². The van der Waals surface area contributed by atoms with Crippen molar-refractivity contribution in [2.24, 2.45) is 0 Å². The highest BCUT2D eigenvalue weighted by atomic mass is 32.2. The summed E-state index contributed by atoms with van der Waals surface area (Å²) in [4.78, 5) is 0.773. The first-order valence-electron chi connectivity index (χ1n) is 4.68. The molecule has 1 aromatic carbocycles. The lowest BCUT2D eigenvalue weighted by Crippen LogP contribution is -2.30. The standard InChI is InChI=1S/C11H16O2S/c1-4-11(2,3)14(13)10-7-5-9(12)6-8-10/h5-8,12H,4H2,1-3H3. The van der Waals surface area contributed by atoms with Crippen molar-refractivity contribution < 1.29 is 9.66 Å². The number of aromatic hydroxyl groups is 1. The minimum atomic E-state index is -1.01. The van der Waals surface area contributed by atoms with Crippen LogP contribution < -0.4 is 0 Å². The predicted octanol–water partition coefficient (Wildman–Crippen LogP) is 2.69. The van der Waals surface area contributed by atoms with Crippen molar-refractivity contribution in [1.82, 2.24) is 0 Å². The fourth-order valence-electron chi connectivity index (χ4n) is 1.02. The van der Waals surface area contributed by atoms with Crippen LogP contribution in [0.3, 0.4) is 0 Å². The Bertz CT molecular complexity index is 293. The van der Waals surface area contributed by atoms with Crippen LogP contribution in [0.15, 0.2) is 29.2 Å². The lowest BCUT2D eigenvalue weighted by Gasteiger charge is -2.26. The molecule has 78 valence electrons. The van der Waals surface area contributed by atoms with Crippen molar-refractivity contribution in [2.75, 3.05) is 0 Å². The van der Waals surface area contributed by atoms with E-state index >= 15 is 0 Å². The van der Waals surface area contributed by atoms with Crippen LogP contribution in [-0.2, 0) is 11.2 Å². The molecule has 1 unspecified atom stereocenters. The second-order valence-corrected chi connectivity index (χ2v) is 5.99. The lowest BCUT2D eigenvalue weighted by molar-refractivity contribution is 0.474. The van der Waals surface area contributed by atoms with Gasteiger partial charge in [0.1, 0.15) is 10.5 Å². The Balaban J connectivity index is 2.89. The van der Waals surface area contributed by atoms with E-state index in [-0.39, 0.29) is 10.5 Å². The van der Waals surface area contributed by atoms with Crippen molar-refractivity contribution in [3.8, 4) is 5.75 Å². The summed E-state index contributed by atoms with van der Waals surface area (Å²) >= 11 is -1.01. The Morgan fingerprint density at radius 1 is 1.29 bits per heavy atom. The summed E-state index contributed by atoms with van der Waals surface area (Å²) in [5, 5.41) is 9.10. The minimum absolute atomic E-state index is 0.208. The van der Waals surface area contributed by atoms with Crippen LogP contribution in [-0.4, -0.2) is 14.4 Å². The molecule has 0 fully saturated rings. The topological polar surface area (TPSA) is 43.3 Å². The van der Waals surface area contributed by atoms with Gasteiger partial charge in [-0.3, -0.25) is 0 Å². The van der Waals surface area contributed by atoms with Gasteiger partial charge < -0.3 is 9.66 Å². The third-order valence-electron chi connectivity index (χ3n) is 2.40. The van der Waals surface area contributed by atoms with Gasteiger partial charge in [0.25, 0.3) is 0 Å². The summed E-state index contributed by atoms with van der Waals surface area (Å²) in [6, 6.07) is 6.56. The zero-order valence-electron chi connectivity index (χ0n) is 8.78. The molecule has 0 heterocycles. The molecule has 1 aromatic rings. The van der Waals surface area contributed by atoms with Gasteiger partial charge in [0.05, 0.1) is 0 Å². The average molecular weight is 212 g/mol. The molecule has 0 aliphatic carbocycles. The molecule has 0 aliphatic heterocycles. The first-order chi connectivity index (χ1) is 6.47. The van der Waals surface area contributed by atoms with Gasteiger partial charge in [-0.25, -0.2) is 0 Å². The van der Waals surface area contributed by atoms with Crippen LogP contribution in [0.25, 0.3) is 0 Å². The van der Waals surface area contributed by atoms with E-state index < -0.39 is 11.2 Å². The van der Waals surface area contributed by atoms with E-state index in [1.54, 1.807) is 24.3 Å². The number of hydrogen-bond acceptors (Lipinski definition) is 2. The van der Waals surface area contributed by atoms with Gasteiger partial charge in [-0.2, -0.15) is 0 Å². The molecule has 1 N–H and O–H groups in total. The van der Waals surface area contributed by atoms with E-state index in [2.05, 4.69) is 0 Å². The number of phenolic OH excluding ortho intramolecular Hbond substituents is 1. The summed E-state index contributed by atoms with van der Waals surface area (Å²) in [6.07, 6.45) is 0.862. The molecular formula is C11H16O2S. The Morgan fingerprint density at radius 2 is 1.79 bits per heavy atom. The Labute approximate surface area is 88.1 Å². The summed E-state index contributed by atoms with van der Waals surface area (Å²) in [6.45, 7) is 5.99. The first-order valence-corrected chi connectivity index (χ1v) is 5.83. The Morgan fingerprint density at radius 3 is 2.21 bits per heavy atom. The summed E-state index contributed by atoms with van der Waals surface area (Å²) in [5.74, 6) is 0.208. The quantitative estimate of drug-likeness (QED) is 0.783. The number of benzene rings is 1. The van der Waals surface area contributed by atoms with Crippen LogP contribution in [0, 0.1) is 0 Å². The lowest BCUT2D eigenvalue weighted by atomic mass is 10.1. The minimum Gasteiger partial charge on any atom is -0.611 e. The molecule has 0 bridgehead atoms. The number of rotatable bonds is 3. The van der Waals surface area contributed by atoms with Gasteiger partial charge >= 0.3 is 0 Å². The highest BCUT2D eigenvalue weighted by molar-refractivity contribution is 7.92. The number of hydrogen-bond donors (Lipinski definition) is 1. The highest BCUT2D eigenvalue weighted by Gasteiger charge is 2.31. The zero-order valence-corrected chi connectivity index (χ0v) is 9.60. The third kappa shape index (κ3) is 2.42. The summed E-state index contributed by atoms with van der Waals surface area (Å²) < 4.78 is 11.8. The fourth-order valence-corrected chi connectivity index (χ4v) is 2.30. The molecule has 14 heavy (non-hydrogen) atoms. The van der Waals surface area contributed by atoms with Gasteiger partial charge in [-0.15, -0.1) is 0 Å². The second-order valence-electron chi connectivity index (χ2n) is 3.88. The molecule has 1 rings (SSSR count). The van der Waals surface area contributed by atoms with E-state index in [1.165, 1.54) is 0 Å². The third-order valence-corrected chi connectivity index (χ3v) is 4.40. The van der Waals surface area contributed by atoms with Crippen LogP contribution in [0.2, 0.25) is 0 Å². The molecule has 2 nitrogen and oxygen atoms in total. The molecule has 0 aliphatic rings.